The number of carbonyl (C=O) groups excluding carboxylic acids is 2. The number of hydrogen-bond acceptors (Lipinski definition) is 6. The zero-order valence-corrected chi connectivity index (χ0v) is 15.2. The van der Waals surface area contributed by atoms with Crippen LogP contribution in [-0.2, 0) is 9.47 Å². The summed E-state index contributed by atoms with van der Waals surface area (Å²) in [6, 6.07) is 4.37. The molecule has 2 N–H and O–H groups in total. The van der Waals surface area contributed by atoms with E-state index in [-0.39, 0.29) is 11.3 Å². The lowest BCUT2D eigenvalue weighted by atomic mass is 10.1. The van der Waals surface area contributed by atoms with E-state index in [4.69, 9.17) is 15.2 Å². The molecule has 0 amide bonds. The summed E-state index contributed by atoms with van der Waals surface area (Å²) in [5, 5.41) is 0. The molecule has 0 aliphatic rings. The van der Waals surface area contributed by atoms with Gasteiger partial charge in [-0.25, -0.2) is 9.59 Å². The van der Waals surface area contributed by atoms with Crippen LogP contribution in [-0.4, -0.2) is 25.8 Å². The highest BCUT2D eigenvalue weighted by molar-refractivity contribution is 5.94. The Balaban J connectivity index is 2.28. The fraction of sp³-hybridized carbons (Fsp3) is 0.579. The van der Waals surface area contributed by atoms with Gasteiger partial charge in [-0.2, -0.15) is 0 Å². The molecule has 0 unspecified atom stereocenters. The number of ether oxygens (including phenoxy) is 3. The Hall–Kier alpha value is -2.24. The van der Waals surface area contributed by atoms with Crippen molar-refractivity contribution in [1.29, 1.82) is 0 Å². The van der Waals surface area contributed by atoms with Crippen molar-refractivity contribution in [3.05, 3.63) is 23.8 Å². The van der Waals surface area contributed by atoms with Gasteiger partial charge in [-0.05, 0) is 24.6 Å². The third-order valence-corrected chi connectivity index (χ3v) is 3.82. The lowest BCUT2D eigenvalue weighted by Crippen LogP contribution is -2.14. The number of esters is 1. The average molecular weight is 351 g/mol. The third kappa shape index (κ3) is 8.42. The second-order valence-electron chi connectivity index (χ2n) is 5.92. The summed E-state index contributed by atoms with van der Waals surface area (Å²) >= 11 is 0. The van der Waals surface area contributed by atoms with E-state index >= 15 is 0 Å². The van der Waals surface area contributed by atoms with Crippen molar-refractivity contribution in [2.45, 2.75) is 58.3 Å². The normalized spacial score (nSPS) is 10.3. The molecule has 0 heterocycles. The first-order chi connectivity index (χ1) is 12.1. The van der Waals surface area contributed by atoms with Crippen LogP contribution in [0.1, 0.15) is 68.6 Å². The molecule has 1 rings (SSSR count). The second-order valence-corrected chi connectivity index (χ2v) is 5.92. The first-order valence-corrected chi connectivity index (χ1v) is 8.91. The van der Waals surface area contributed by atoms with Crippen LogP contribution in [0.3, 0.4) is 0 Å². The average Bonchev–Trinajstić information content (AvgIpc) is 2.61. The monoisotopic (exact) mass is 351 g/mol. The van der Waals surface area contributed by atoms with Gasteiger partial charge in [-0.1, -0.05) is 51.9 Å². The van der Waals surface area contributed by atoms with E-state index in [0.29, 0.717) is 12.3 Å². The van der Waals surface area contributed by atoms with Crippen LogP contribution in [0.2, 0.25) is 0 Å². The van der Waals surface area contributed by atoms with Crippen molar-refractivity contribution in [1.82, 2.24) is 0 Å². The lowest BCUT2D eigenvalue weighted by molar-refractivity contribution is 0.0594. The number of hydrogen-bond donors (Lipinski definition) is 1. The minimum Gasteiger partial charge on any atom is -0.465 e. The van der Waals surface area contributed by atoms with Crippen LogP contribution in [0.4, 0.5) is 10.5 Å². The molecule has 0 radical (unpaired) electrons. The Labute approximate surface area is 149 Å². The number of nitrogens with two attached hydrogens (primary N) is 1. The van der Waals surface area contributed by atoms with E-state index in [1.54, 1.807) is 0 Å². The van der Waals surface area contributed by atoms with Crippen LogP contribution in [0.25, 0.3) is 0 Å². The predicted molar refractivity (Wildman–Crippen MR) is 96.8 cm³/mol. The highest BCUT2D eigenvalue weighted by Crippen LogP contribution is 2.22. The maximum atomic E-state index is 11.7. The quantitative estimate of drug-likeness (QED) is 0.269. The molecule has 0 saturated heterocycles. The Bertz CT molecular complexity index is 545. The molecule has 6 nitrogen and oxygen atoms in total. The zero-order chi connectivity index (χ0) is 18.5. The number of methoxy groups -OCH3 is 1. The molecule has 0 aromatic heterocycles. The minimum atomic E-state index is -0.835. The number of anilines is 1. The Kier molecular flexibility index (Phi) is 10.1. The highest BCUT2D eigenvalue weighted by atomic mass is 16.7. The summed E-state index contributed by atoms with van der Waals surface area (Å²) in [7, 11) is 1.25. The van der Waals surface area contributed by atoms with Gasteiger partial charge in [0.05, 0.1) is 13.7 Å². The third-order valence-electron chi connectivity index (χ3n) is 3.82. The van der Waals surface area contributed by atoms with E-state index in [2.05, 4.69) is 11.7 Å². The molecule has 1 aromatic carbocycles. The van der Waals surface area contributed by atoms with Gasteiger partial charge in [0, 0.05) is 5.69 Å². The fourth-order valence-corrected chi connectivity index (χ4v) is 2.42. The van der Waals surface area contributed by atoms with Gasteiger partial charge in [0.1, 0.15) is 11.3 Å². The Morgan fingerprint density at radius 3 is 2.28 bits per heavy atom. The molecule has 25 heavy (non-hydrogen) atoms. The van der Waals surface area contributed by atoms with Crippen LogP contribution in [0.5, 0.6) is 5.75 Å². The van der Waals surface area contributed by atoms with E-state index < -0.39 is 12.1 Å². The molecule has 0 spiro atoms. The van der Waals surface area contributed by atoms with E-state index in [0.717, 1.165) is 19.3 Å². The van der Waals surface area contributed by atoms with E-state index in [1.807, 2.05) is 0 Å². The number of benzene rings is 1. The number of carbonyl (C=O) groups is 2. The van der Waals surface area contributed by atoms with Crippen LogP contribution < -0.4 is 10.5 Å². The minimum absolute atomic E-state index is 0.0713. The van der Waals surface area contributed by atoms with Crippen LogP contribution in [0, 0.1) is 0 Å². The maximum absolute atomic E-state index is 11.7. The van der Waals surface area contributed by atoms with Crippen LogP contribution in [0.15, 0.2) is 18.2 Å². The van der Waals surface area contributed by atoms with Crippen molar-refractivity contribution in [2.24, 2.45) is 0 Å². The summed E-state index contributed by atoms with van der Waals surface area (Å²) < 4.78 is 14.8. The number of nitrogen functional groups attached to an aromatic ring is 1. The molecule has 0 fully saturated rings. The lowest BCUT2D eigenvalue weighted by Gasteiger charge is -2.10. The molecule has 0 aliphatic carbocycles. The van der Waals surface area contributed by atoms with Crippen molar-refractivity contribution in [2.75, 3.05) is 19.5 Å². The summed E-state index contributed by atoms with van der Waals surface area (Å²) in [6.45, 7) is 2.51. The van der Waals surface area contributed by atoms with Gasteiger partial charge in [-0.15, -0.1) is 0 Å². The highest BCUT2D eigenvalue weighted by Gasteiger charge is 2.17. The van der Waals surface area contributed by atoms with Gasteiger partial charge in [0.2, 0.25) is 0 Å². The zero-order valence-electron chi connectivity index (χ0n) is 15.2. The molecule has 0 bridgehead atoms. The fourth-order valence-electron chi connectivity index (χ4n) is 2.42. The molecule has 140 valence electrons. The molecule has 1 aromatic rings. The van der Waals surface area contributed by atoms with E-state index in [9.17, 15) is 9.59 Å². The molecular weight excluding hydrogens is 322 g/mol. The summed E-state index contributed by atoms with van der Waals surface area (Å²) in [5.41, 5.74) is 6.10. The SMILES string of the molecule is CCCCCCCCCCOC(=O)Oc1ccc(N)cc1C(=O)OC. The van der Waals surface area contributed by atoms with Crippen molar-refractivity contribution in [3.63, 3.8) is 0 Å². The topological polar surface area (TPSA) is 87.9 Å². The molecular formula is C19H29NO5. The Morgan fingerprint density at radius 2 is 1.64 bits per heavy atom. The molecule has 0 saturated carbocycles. The van der Waals surface area contributed by atoms with Gasteiger partial charge >= 0.3 is 12.1 Å². The first kappa shape index (κ1) is 20.8. The van der Waals surface area contributed by atoms with Gasteiger partial charge in [0.15, 0.2) is 0 Å². The first-order valence-electron chi connectivity index (χ1n) is 8.91. The predicted octanol–water partition coefficient (Wildman–Crippen LogP) is 4.71. The molecule has 6 heteroatoms. The summed E-state index contributed by atoms with van der Waals surface area (Å²) in [5.74, 6) is -0.555. The molecule has 0 aliphatic heterocycles. The number of unbranched alkanes of at least 4 members (excludes halogenated alkanes) is 7. The van der Waals surface area contributed by atoms with Gasteiger partial charge < -0.3 is 19.9 Å². The number of rotatable bonds is 11. The standard InChI is InChI=1S/C19H29NO5/c1-3-4-5-6-7-8-9-10-13-24-19(22)25-17-12-11-15(20)14-16(17)18(21)23-2/h11-12,14H,3-10,13,20H2,1-2H3. The second kappa shape index (κ2) is 12.2. The van der Waals surface area contributed by atoms with Crippen LogP contribution >= 0.6 is 0 Å². The smallest absolute Gasteiger partial charge is 0.465 e. The van der Waals surface area contributed by atoms with Crippen molar-refractivity contribution in [3.8, 4) is 5.75 Å². The summed E-state index contributed by atoms with van der Waals surface area (Å²) in [6.07, 6.45) is 8.47. The van der Waals surface area contributed by atoms with Gasteiger partial charge in [0.25, 0.3) is 0 Å². The largest absolute Gasteiger partial charge is 0.513 e. The van der Waals surface area contributed by atoms with Crippen molar-refractivity contribution >= 4 is 17.8 Å². The summed E-state index contributed by atoms with van der Waals surface area (Å²) in [4.78, 5) is 23.4. The van der Waals surface area contributed by atoms with Gasteiger partial charge in [-0.3, -0.25) is 0 Å². The Morgan fingerprint density at radius 1 is 1.00 bits per heavy atom. The van der Waals surface area contributed by atoms with E-state index in [1.165, 1.54) is 57.4 Å². The van der Waals surface area contributed by atoms with Crippen molar-refractivity contribution < 1.29 is 23.8 Å². The molecule has 0 atom stereocenters. The maximum Gasteiger partial charge on any atom is 0.513 e.